The van der Waals surface area contributed by atoms with Crippen LogP contribution < -0.4 is 9.32 Å². The van der Waals surface area contributed by atoms with Crippen molar-refractivity contribution in [3.05, 3.63) is 0 Å². The third kappa shape index (κ3) is 31.3. The Labute approximate surface area is 95.8 Å². The van der Waals surface area contributed by atoms with Crippen LogP contribution in [0, 0.1) is 10.8 Å². The quantitative estimate of drug-likeness (QED) is 0.384. The fourth-order valence-electron chi connectivity index (χ4n) is 0. The largest absolute Gasteiger partial charge is 0.321 e. The molecule has 0 rings (SSSR count). The molecule has 0 bridgehead atoms. The molecule has 6 heavy (non-hydrogen) atoms. The van der Waals surface area contributed by atoms with E-state index in [2.05, 4.69) is 0 Å². The van der Waals surface area contributed by atoms with Crippen LogP contribution in [0.4, 0.5) is 0 Å². The van der Waals surface area contributed by atoms with E-state index in [1.54, 1.807) is 0 Å². The monoisotopic (exact) mass is 172 g/mol. The fraction of sp³-hybridized carbons (Fsp3) is 0. The van der Waals surface area contributed by atoms with Gasteiger partial charge in [0.15, 0.2) is 0 Å². The minimum atomic E-state index is -2.60. The second-order valence-electron chi connectivity index (χ2n) is 0.201. The summed E-state index contributed by atoms with van der Waals surface area (Å²) >= 11 is 0. The molecule has 0 aliphatic rings. The first-order valence-corrected chi connectivity index (χ1v) is 1.43. The number of rotatable bonds is 0. The maximum absolute atomic E-state index is 8.52. The molecule has 0 aromatic rings. The average Bonchev–Trinajstić information content (AvgIpc) is 0.811. The van der Waals surface area contributed by atoms with Crippen LogP contribution >= 0.6 is 0 Å². The number of hydrogen-bond acceptors (Lipinski definition) is 3. The van der Waals surface area contributed by atoms with E-state index in [0.29, 0.717) is 0 Å². The van der Waals surface area contributed by atoms with Crippen molar-refractivity contribution in [3.8, 4) is 0 Å². The van der Waals surface area contributed by atoms with E-state index in [-0.39, 0.29) is 73.1 Å². The van der Waals surface area contributed by atoms with Crippen LogP contribution in [0.1, 0.15) is 0 Å². The van der Waals surface area contributed by atoms with E-state index in [1.807, 2.05) is 0 Å². The van der Waals surface area contributed by atoms with Crippen LogP contribution in [-0.2, 0) is 21.7 Å². The van der Waals surface area contributed by atoms with E-state index in [4.69, 9.17) is 14.0 Å². The summed E-state index contributed by atoms with van der Waals surface area (Å²) in [6.45, 7) is 0. The molecule has 0 aromatic carbocycles. The van der Waals surface area contributed by atoms with Gasteiger partial charge < -0.3 is 9.32 Å². The third-order valence-electron chi connectivity index (χ3n) is 0. The molecule has 1 N–H and O–H groups in total. The van der Waals surface area contributed by atoms with E-state index in [1.165, 1.54) is 0 Å². The van der Waals surface area contributed by atoms with Crippen LogP contribution in [0.3, 0.4) is 0 Å². The van der Waals surface area contributed by atoms with Gasteiger partial charge in [-0.15, -0.1) is 0 Å². The molecule has 0 aliphatic heterocycles. The minimum Gasteiger partial charge on any atom is -0.321 e. The molecular weight excluding hydrogens is 170 g/mol. The summed E-state index contributed by atoms with van der Waals surface area (Å²) in [5, 5.41) is 0. The molecule has 0 atom stereocenters. The summed E-state index contributed by atoms with van der Waals surface area (Å²) < 4.78 is 24.0. The molecule has 6 heteroatoms. The van der Waals surface area contributed by atoms with Crippen molar-refractivity contribution in [1.82, 2.24) is 0 Å². The minimum absolute atomic E-state index is 0. The molecule has 0 aromatic heterocycles. The Kier molecular flexibility index (Phi) is 27.7. The molecular formula is H2ClKO3Ti. The predicted molar refractivity (Wildman–Crippen MR) is 9.37 cm³/mol. The summed E-state index contributed by atoms with van der Waals surface area (Å²) in [6, 6.07) is 0. The molecule has 32 valence electrons. The van der Waals surface area contributed by atoms with Gasteiger partial charge in [0.1, 0.15) is 0 Å². The van der Waals surface area contributed by atoms with Gasteiger partial charge in [-0.05, 0) is 0 Å². The maximum atomic E-state index is 8.52. The van der Waals surface area contributed by atoms with Crippen LogP contribution in [0.5, 0.6) is 0 Å². The molecule has 0 amide bonds. The standard InChI is InChI=1S/ClHO3.K.Ti.H/c2-1(3)4;;;/h2H;;;. The zero-order valence-corrected chi connectivity index (χ0v) is 4.46. The van der Waals surface area contributed by atoms with Crippen LogP contribution in [0.15, 0.2) is 0 Å². The maximum Gasteiger partial charge on any atom is 0.282 e. The summed E-state index contributed by atoms with van der Waals surface area (Å²) in [4.78, 5) is 0. The first-order chi connectivity index (χ1) is 1.73. The van der Waals surface area contributed by atoms with Crippen LogP contribution in [-0.4, -0.2) is 56.0 Å². The summed E-state index contributed by atoms with van der Waals surface area (Å²) in [5.41, 5.74) is 0. The summed E-state index contributed by atoms with van der Waals surface area (Å²) in [5.74, 6) is 0. The molecule has 3 nitrogen and oxygen atoms in total. The van der Waals surface area contributed by atoms with Crippen molar-refractivity contribution >= 4 is 51.4 Å². The molecule has 0 saturated carbocycles. The van der Waals surface area contributed by atoms with Gasteiger partial charge in [-0.25, -0.2) is 0 Å². The SMILES string of the molecule is [KH].[O-][Cl+2]([O-])O.[Ti]. The third-order valence-corrected chi connectivity index (χ3v) is 0. The van der Waals surface area contributed by atoms with Crippen molar-refractivity contribution in [3.63, 3.8) is 0 Å². The molecule has 0 saturated heterocycles. The van der Waals surface area contributed by atoms with Gasteiger partial charge in [0, 0.05) is 26.4 Å². The Morgan fingerprint density at radius 1 is 1.33 bits per heavy atom. The molecule has 0 heterocycles. The molecule has 0 unspecified atom stereocenters. The van der Waals surface area contributed by atoms with E-state index in [0.717, 1.165) is 0 Å². The van der Waals surface area contributed by atoms with Gasteiger partial charge in [0.25, 0.3) is 10.8 Å². The normalized spacial score (nSPS) is 6.00. The number of hydrogen-bond donors (Lipinski definition) is 1. The molecule has 0 spiro atoms. The summed E-state index contributed by atoms with van der Waals surface area (Å²) in [7, 11) is -2.60. The van der Waals surface area contributed by atoms with Gasteiger partial charge in [0.2, 0.25) is 0 Å². The second-order valence-corrected chi connectivity index (χ2v) is 0.603. The van der Waals surface area contributed by atoms with Crippen molar-refractivity contribution in [2.24, 2.45) is 0 Å². The van der Waals surface area contributed by atoms with Crippen molar-refractivity contribution in [1.29, 1.82) is 0 Å². The van der Waals surface area contributed by atoms with Gasteiger partial charge in [0.05, 0.1) is 0 Å². The fourth-order valence-corrected chi connectivity index (χ4v) is 0. The Morgan fingerprint density at radius 3 is 1.33 bits per heavy atom. The van der Waals surface area contributed by atoms with Crippen molar-refractivity contribution in [2.45, 2.75) is 0 Å². The van der Waals surface area contributed by atoms with Crippen LogP contribution in [0.25, 0.3) is 0 Å². The Bertz CT molecular complexity index is 15.5. The topological polar surface area (TPSA) is 66.3 Å². The van der Waals surface area contributed by atoms with Crippen molar-refractivity contribution in [2.75, 3.05) is 0 Å². The zero-order valence-electron chi connectivity index (χ0n) is 2.14. The summed E-state index contributed by atoms with van der Waals surface area (Å²) in [6.07, 6.45) is 0. The van der Waals surface area contributed by atoms with Crippen LogP contribution in [0.2, 0.25) is 0 Å². The first kappa shape index (κ1) is 15.8. The zero-order chi connectivity index (χ0) is 3.58. The van der Waals surface area contributed by atoms with Crippen molar-refractivity contribution < 1.29 is 46.5 Å². The van der Waals surface area contributed by atoms with Gasteiger partial charge in [-0.3, -0.25) is 0 Å². The Morgan fingerprint density at radius 2 is 1.33 bits per heavy atom. The molecule has 0 aliphatic carbocycles. The smallest absolute Gasteiger partial charge is 0.282 e. The average molecular weight is 172 g/mol. The molecule has 0 fully saturated rings. The van der Waals surface area contributed by atoms with Gasteiger partial charge in [-0.2, -0.15) is 0 Å². The Balaban J connectivity index is -0.0000000450. The van der Waals surface area contributed by atoms with E-state index >= 15 is 0 Å². The first-order valence-electron chi connectivity index (χ1n) is 0.478. The van der Waals surface area contributed by atoms with E-state index < -0.39 is 10.8 Å². The number of halogens is 1. The molecule has 0 radical (unpaired) electrons. The van der Waals surface area contributed by atoms with E-state index in [9.17, 15) is 0 Å². The predicted octanol–water partition coefficient (Wildman–Crippen LogP) is -3.59. The second kappa shape index (κ2) is 10.5. The van der Waals surface area contributed by atoms with Gasteiger partial charge >= 0.3 is 51.4 Å². The Hall–Kier alpha value is 2.52. The van der Waals surface area contributed by atoms with Gasteiger partial charge in [-0.1, -0.05) is 0 Å².